The molecule has 0 amide bonds. The van der Waals surface area contributed by atoms with Crippen LogP contribution in [0.2, 0.25) is 0 Å². The fourth-order valence-corrected chi connectivity index (χ4v) is 4.89. The summed E-state index contributed by atoms with van der Waals surface area (Å²) in [5.41, 5.74) is 4.23. The molecular weight excluding hydrogens is 455 g/mol. The third-order valence-corrected chi connectivity index (χ3v) is 6.75. The Bertz CT molecular complexity index is 1450. The maximum Gasteiger partial charge on any atom is 0.232 e. The number of sulfonamides is 1. The minimum atomic E-state index is -3.70. The van der Waals surface area contributed by atoms with Crippen LogP contribution in [0.25, 0.3) is 39.1 Å². The van der Waals surface area contributed by atoms with Gasteiger partial charge in [0.15, 0.2) is 0 Å². The molecular formula is C26H25FN2O4S. The van der Waals surface area contributed by atoms with Gasteiger partial charge in [-0.1, -0.05) is 36.9 Å². The largest absolute Gasteiger partial charge is 0.455 e. The van der Waals surface area contributed by atoms with Crippen LogP contribution in [0.1, 0.15) is 5.56 Å². The van der Waals surface area contributed by atoms with Gasteiger partial charge >= 0.3 is 0 Å². The van der Waals surface area contributed by atoms with Crippen LogP contribution in [0, 0.1) is 5.82 Å². The van der Waals surface area contributed by atoms with Crippen molar-refractivity contribution in [3.8, 4) is 22.5 Å². The third kappa shape index (κ3) is 4.42. The lowest BCUT2D eigenvalue weighted by atomic mass is 9.97. The summed E-state index contributed by atoms with van der Waals surface area (Å²) in [5.74, 6) is 0.119. The quantitative estimate of drug-likeness (QED) is 0.377. The first kappa shape index (κ1) is 23.5. The van der Waals surface area contributed by atoms with Gasteiger partial charge in [0.05, 0.1) is 30.7 Å². The smallest absolute Gasteiger partial charge is 0.232 e. The van der Waals surface area contributed by atoms with Gasteiger partial charge in [0.25, 0.3) is 0 Å². The Labute approximate surface area is 198 Å². The summed E-state index contributed by atoms with van der Waals surface area (Å²) >= 11 is 0. The number of anilines is 1. The standard InChI is InChI=1S/C26H25FN2O4S/c1-17(28-2)25-22-15-21(18-7-5-4-6-8-18)23(29(13-14-30)34(3,31)32)16-24(22)33-26(25)19-9-11-20(27)12-10-19/h4-12,15-16,28,30H,1,13-14H2,2-3H3. The number of fused-ring (bicyclic) bond motifs is 1. The summed E-state index contributed by atoms with van der Waals surface area (Å²) in [6.07, 6.45) is 1.10. The average Bonchev–Trinajstić information content (AvgIpc) is 3.20. The molecule has 0 aliphatic carbocycles. The number of nitrogens with one attached hydrogen (secondary N) is 1. The number of rotatable bonds is 8. The number of furan rings is 1. The summed E-state index contributed by atoms with van der Waals surface area (Å²) in [4.78, 5) is 0. The first-order valence-corrected chi connectivity index (χ1v) is 12.5. The molecule has 1 heterocycles. The van der Waals surface area contributed by atoms with E-state index in [0.717, 1.165) is 17.2 Å². The van der Waals surface area contributed by atoms with E-state index in [4.69, 9.17) is 4.42 Å². The predicted octanol–water partition coefficient (Wildman–Crippen LogP) is 4.85. The van der Waals surface area contributed by atoms with Gasteiger partial charge in [-0.25, -0.2) is 12.8 Å². The molecule has 0 fully saturated rings. The monoisotopic (exact) mass is 480 g/mol. The lowest BCUT2D eigenvalue weighted by Gasteiger charge is -2.24. The van der Waals surface area contributed by atoms with Crippen LogP contribution in [0.4, 0.5) is 10.1 Å². The van der Waals surface area contributed by atoms with Crippen molar-refractivity contribution < 1.29 is 22.3 Å². The molecule has 3 aromatic carbocycles. The van der Waals surface area contributed by atoms with Crippen LogP contribution in [-0.4, -0.2) is 40.0 Å². The van der Waals surface area contributed by atoms with Crippen molar-refractivity contribution in [2.75, 3.05) is 30.8 Å². The molecule has 0 spiro atoms. The summed E-state index contributed by atoms with van der Waals surface area (Å²) in [6, 6.07) is 18.8. The van der Waals surface area contributed by atoms with Gasteiger partial charge in [-0.15, -0.1) is 0 Å². The van der Waals surface area contributed by atoms with Crippen molar-refractivity contribution in [1.29, 1.82) is 0 Å². The Morgan fingerprint density at radius 2 is 1.76 bits per heavy atom. The molecule has 0 radical (unpaired) electrons. The van der Waals surface area contributed by atoms with E-state index in [1.807, 2.05) is 36.4 Å². The van der Waals surface area contributed by atoms with Crippen molar-refractivity contribution in [2.24, 2.45) is 0 Å². The van der Waals surface area contributed by atoms with Crippen molar-refractivity contribution in [1.82, 2.24) is 5.32 Å². The van der Waals surface area contributed by atoms with E-state index in [1.54, 1.807) is 25.2 Å². The van der Waals surface area contributed by atoms with E-state index in [9.17, 15) is 17.9 Å². The molecule has 0 saturated heterocycles. The Kier molecular flexibility index (Phi) is 6.45. The Morgan fingerprint density at radius 1 is 1.09 bits per heavy atom. The van der Waals surface area contributed by atoms with E-state index >= 15 is 0 Å². The Hall–Kier alpha value is -3.62. The molecule has 4 aromatic rings. The summed E-state index contributed by atoms with van der Waals surface area (Å²) in [6.45, 7) is 3.66. The number of hydrogen-bond acceptors (Lipinski definition) is 5. The Morgan fingerprint density at radius 3 is 2.35 bits per heavy atom. The van der Waals surface area contributed by atoms with Crippen molar-refractivity contribution in [3.05, 3.63) is 84.7 Å². The first-order valence-electron chi connectivity index (χ1n) is 10.6. The molecule has 4 rings (SSSR count). The molecule has 0 saturated carbocycles. The SMILES string of the molecule is C=C(NC)c1c(-c2ccc(F)cc2)oc2cc(N(CCO)S(C)(=O)=O)c(-c3ccccc3)cc12. The number of nitrogens with zero attached hydrogens (tertiary/aromatic N) is 1. The van der Waals surface area contributed by atoms with Crippen LogP contribution >= 0.6 is 0 Å². The highest BCUT2D eigenvalue weighted by Crippen LogP contribution is 2.43. The number of benzene rings is 3. The van der Waals surface area contributed by atoms with E-state index in [1.165, 1.54) is 16.4 Å². The van der Waals surface area contributed by atoms with Crippen LogP contribution in [0.3, 0.4) is 0 Å². The molecule has 176 valence electrons. The van der Waals surface area contributed by atoms with Crippen LogP contribution < -0.4 is 9.62 Å². The van der Waals surface area contributed by atoms with Gasteiger partial charge in [-0.2, -0.15) is 0 Å². The third-order valence-electron chi connectivity index (χ3n) is 5.57. The topological polar surface area (TPSA) is 82.8 Å². The minimum Gasteiger partial charge on any atom is -0.455 e. The normalized spacial score (nSPS) is 11.5. The number of halogens is 1. The molecule has 8 heteroatoms. The second-order valence-corrected chi connectivity index (χ2v) is 9.74. The van der Waals surface area contributed by atoms with Gasteiger partial charge in [-0.05, 0) is 35.9 Å². The van der Waals surface area contributed by atoms with Gasteiger partial charge in [-0.3, -0.25) is 4.31 Å². The van der Waals surface area contributed by atoms with Crippen LogP contribution in [-0.2, 0) is 10.0 Å². The number of hydrogen-bond donors (Lipinski definition) is 2. The van der Waals surface area contributed by atoms with Crippen molar-refractivity contribution >= 4 is 32.4 Å². The zero-order chi connectivity index (χ0) is 24.5. The lowest BCUT2D eigenvalue weighted by molar-refractivity contribution is 0.307. The molecule has 1 aromatic heterocycles. The highest BCUT2D eigenvalue weighted by atomic mass is 32.2. The van der Waals surface area contributed by atoms with Gasteiger partial charge in [0.2, 0.25) is 10.0 Å². The van der Waals surface area contributed by atoms with Crippen molar-refractivity contribution in [2.45, 2.75) is 0 Å². The summed E-state index contributed by atoms with van der Waals surface area (Å²) in [5, 5.41) is 13.4. The maximum atomic E-state index is 13.6. The second kappa shape index (κ2) is 9.32. The van der Waals surface area contributed by atoms with Gasteiger partial charge < -0.3 is 14.8 Å². The van der Waals surface area contributed by atoms with E-state index in [-0.39, 0.29) is 19.0 Å². The second-order valence-electron chi connectivity index (χ2n) is 7.83. The fraction of sp³-hybridized carbons (Fsp3) is 0.154. The molecule has 34 heavy (non-hydrogen) atoms. The van der Waals surface area contributed by atoms with E-state index < -0.39 is 10.0 Å². The van der Waals surface area contributed by atoms with Crippen LogP contribution in [0.15, 0.2) is 77.7 Å². The van der Waals surface area contributed by atoms with E-state index in [2.05, 4.69) is 11.9 Å². The summed E-state index contributed by atoms with van der Waals surface area (Å²) in [7, 11) is -1.96. The molecule has 6 nitrogen and oxygen atoms in total. The molecule has 0 aliphatic heterocycles. The zero-order valence-corrected chi connectivity index (χ0v) is 19.7. The highest BCUT2D eigenvalue weighted by molar-refractivity contribution is 7.92. The van der Waals surface area contributed by atoms with Crippen LogP contribution in [0.5, 0.6) is 0 Å². The molecule has 0 aliphatic rings. The number of aliphatic hydroxyl groups is 1. The first-order chi connectivity index (χ1) is 16.2. The molecule has 0 unspecified atom stereocenters. The average molecular weight is 481 g/mol. The van der Waals surface area contributed by atoms with Gasteiger partial charge in [0, 0.05) is 35.3 Å². The molecule has 0 atom stereocenters. The van der Waals surface area contributed by atoms with Crippen molar-refractivity contribution in [3.63, 3.8) is 0 Å². The highest BCUT2D eigenvalue weighted by Gasteiger charge is 2.25. The number of aliphatic hydroxyl groups excluding tert-OH is 1. The molecule has 0 bridgehead atoms. The van der Waals surface area contributed by atoms with E-state index in [0.29, 0.717) is 39.4 Å². The van der Waals surface area contributed by atoms with Gasteiger partial charge in [0.1, 0.15) is 17.2 Å². The maximum absolute atomic E-state index is 13.6. The predicted molar refractivity (Wildman–Crippen MR) is 134 cm³/mol. The summed E-state index contributed by atoms with van der Waals surface area (Å²) < 4.78 is 46.2. The lowest BCUT2D eigenvalue weighted by Crippen LogP contribution is -2.33. The fourth-order valence-electron chi connectivity index (χ4n) is 3.97. The molecule has 2 N–H and O–H groups in total. The Balaban J connectivity index is 2.08. The minimum absolute atomic E-state index is 0.105. The zero-order valence-electron chi connectivity index (χ0n) is 18.9.